The number of carbonyl (C=O) groups is 1. The lowest BCUT2D eigenvalue weighted by molar-refractivity contribution is 0.102. The number of hydrogen-bond acceptors (Lipinski definition) is 5. The molecule has 0 radical (unpaired) electrons. The van der Waals surface area contributed by atoms with Gasteiger partial charge in [-0.15, -0.1) is 15.3 Å². The zero-order chi connectivity index (χ0) is 17.4. The van der Waals surface area contributed by atoms with E-state index in [1.807, 2.05) is 6.07 Å². The molecule has 0 unspecified atom stereocenters. The highest BCUT2D eigenvalue weighted by Crippen LogP contribution is 2.14. The standard InChI is InChI=1S/C16H13N7O2/c1-10-14(18-15(24)11-5-3-2-4-6-11)16(25)21-23(10)13-8-7-12-19-17-9-22(12)20-13/h2-9H,1H3,(H,18,24)(H,21,25). The van der Waals surface area contributed by atoms with Crippen molar-refractivity contribution in [1.82, 2.24) is 29.6 Å². The maximum atomic E-state index is 12.3. The smallest absolute Gasteiger partial charge is 0.288 e. The minimum Gasteiger partial charge on any atom is -0.316 e. The van der Waals surface area contributed by atoms with E-state index in [0.717, 1.165) is 0 Å². The van der Waals surface area contributed by atoms with E-state index in [1.54, 1.807) is 43.3 Å². The molecular formula is C16H13N7O2. The van der Waals surface area contributed by atoms with E-state index >= 15 is 0 Å². The summed E-state index contributed by atoms with van der Waals surface area (Å²) in [5.74, 6) is 0.122. The van der Waals surface area contributed by atoms with Gasteiger partial charge in [0, 0.05) is 5.56 Å². The lowest BCUT2D eigenvalue weighted by Gasteiger charge is -2.06. The second kappa shape index (κ2) is 5.71. The fraction of sp³-hybridized carbons (Fsp3) is 0.0625. The van der Waals surface area contributed by atoms with Gasteiger partial charge in [0.15, 0.2) is 11.5 Å². The Morgan fingerprint density at radius 2 is 1.96 bits per heavy atom. The topological polar surface area (TPSA) is 110 Å². The Morgan fingerprint density at radius 1 is 1.16 bits per heavy atom. The minimum absolute atomic E-state index is 0.180. The average Bonchev–Trinajstić information content (AvgIpc) is 3.21. The zero-order valence-electron chi connectivity index (χ0n) is 13.2. The SMILES string of the molecule is Cc1c(NC(=O)c2ccccc2)c(=O)[nH]n1-c1ccc2nncn2n1. The van der Waals surface area contributed by atoms with Gasteiger partial charge in [-0.2, -0.15) is 4.52 Å². The zero-order valence-corrected chi connectivity index (χ0v) is 13.2. The van der Waals surface area contributed by atoms with E-state index in [2.05, 4.69) is 25.7 Å². The summed E-state index contributed by atoms with van der Waals surface area (Å²) in [7, 11) is 0. The third kappa shape index (κ3) is 2.57. The normalized spacial score (nSPS) is 10.9. The lowest BCUT2D eigenvalue weighted by Crippen LogP contribution is -2.17. The molecule has 1 aromatic carbocycles. The molecule has 0 atom stereocenters. The first-order chi connectivity index (χ1) is 12.1. The summed E-state index contributed by atoms with van der Waals surface area (Å²) in [5.41, 5.74) is 1.37. The van der Waals surface area contributed by atoms with Crippen LogP contribution in [0.1, 0.15) is 16.1 Å². The summed E-state index contributed by atoms with van der Waals surface area (Å²) >= 11 is 0. The fourth-order valence-electron chi connectivity index (χ4n) is 2.51. The number of H-pyrrole nitrogens is 1. The molecule has 0 fully saturated rings. The summed E-state index contributed by atoms with van der Waals surface area (Å²) < 4.78 is 3.00. The van der Waals surface area contributed by atoms with Crippen molar-refractivity contribution in [3.63, 3.8) is 0 Å². The van der Waals surface area contributed by atoms with Gasteiger partial charge >= 0.3 is 0 Å². The van der Waals surface area contributed by atoms with Crippen molar-refractivity contribution >= 4 is 17.2 Å². The third-order valence-corrected chi connectivity index (χ3v) is 3.79. The monoisotopic (exact) mass is 335 g/mol. The van der Waals surface area contributed by atoms with Gasteiger partial charge in [-0.05, 0) is 31.2 Å². The van der Waals surface area contributed by atoms with Crippen LogP contribution in [0, 0.1) is 6.92 Å². The van der Waals surface area contributed by atoms with Crippen molar-refractivity contribution in [2.24, 2.45) is 0 Å². The number of amides is 1. The Morgan fingerprint density at radius 3 is 2.76 bits per heavy atom. The van der Waals surface area contributed by atoms with Gasteiger partial charge in [-0.3, -0.25) is 14.7 Å². The first-order valence-corrected chi connectivity index (χ1v) is 7.49. The third-order valence-electron chi connectivity index (χ3n) is 3.79. The van der Waals surface area contributed by atoms with E-state index in [9.17, 15) is 9.59 Å². The Balaban J connectivity index is 1.71. The first-order valence-electron chi connectivity index (χ1n) is 7.49. The fourth-order valence-corrected chi connectivity index (χ4v) is 2.51. The molecular weight excluding hydrogens is 322 g/mol. The molecule has 1 amide bonds. The maximum Gasteiger partial charge on any atom is 0.288 e. The number of anilines is 1. The lowest BCUT2D eigenvalue weighted by atomic mass is 10.2. The minimum atomic E-state index is -0.410. The van der Waals surface area contributed by atoms with Gasteiger partial charge in [0.1, 0.15) is 12.0 Å². The van der Waals surface area contributed by atoms with Crippen LogP contribution in [0.15, 0.2) is 53.6 Å². The summed E-state index contributed by atoms with van der Waals surface area (Å²) in [6.07, 6.45) is 1.47. The Labute approximate surface area is 140 Å². The predicted octanol–water partition coefficient (Wildman–Crippen LogP) is 1.16. The molecule has 0 aliphatic heterocycles. The van der Waals surface area contributed by atoms with E-state index in [0.29, 0.717) is 22.7 Å². The highest BCUT2D eigenvalue weighted by molar-refractivity contribution is 6.04. The van der Waals surface area contributed by atoms with Crippen molar-refractivity contribution in [2.75, 3.05) is 5.32 Å². The van der Waals surface area contributed by atoms with Gasteiger partial charge in [0.2, 0.25) is 0 Å². The summed E-state index contributed by atoms with van der Waals surface area (Å²) in [6, 6.07) is 12.1. The molecule has 0 bridgehead atoms. The highest BCUT2D eigenvalue weighted by atomic mass is 16.2. The molecule has 25 heavy (non-hydrogen) atoms. The number of fused-ring (bicyclic) bond motifs is 1. The number of aromatic amines is 1. The van der Waals surface area contributed by atoms with Crippen LogP contribution in [0.5, 0.6) is 0 Å². The molecule has 9 nitrogen and oxygen atoms in total. The molecule has 3 aromatic heterocycles. The van der Waals surface area contributed by atoms with Gasteiger partial charge in [-0.25, -0.2) is 4.68 Å². The average molecular weight is 335 g/mol. The molecule has 0 spiro atoms. The molecule has 0 saturated carbocycles. The van der Waals surface area contributed by atoms with Crippen LogP contribution >= 0.6 is 0 Å². The van der Waals surface area contributed by atoms with Crippen LogP contribution < -0.4 is 10.9 Å². The van der Waals surface area contributed by atoms with Crippen molar-refractivity contribution in [1.29, 1.82) is 0 Å². The molecule has 124 valence electrons. The highest BCUT2D eigenvalue weighted by Gasteiger charge is 2.16. The molecule has 4 rings (SSSR count). The number of rotatable bonds is 3. The quantitative estimate of drug-likeness (QED) is 0.584. The number of aromatic nitrogens is 6. The second-order valence-electron chi connectivity index (χ2n) is 5.38. The van der Waals surface area contributed by atoms with E-state index in [4.69, 9.17) is 0 Å². The van der Waals surface area contributed by atoms with E-state index in [1.165, 1.54) is 15.5 Å². The number of nitrogens with zero attached hydrogens (tertiary/aromatic N) is 5. The number of nitrogens with one attached hydrogen (secondary N) is 2. The van der Waals surface area contributed by atoms with Crippen LogP contribution in [-0.2, 0) is 0 Å². The summed E-state index contributed by atoms with van der Waals surface area (Å²) in [5, 5.41) is 17.3. The van der Waals surface area contributed by atoms with Gasteiger partial charge in [0.25, 0.3) is 11.5 Å². The Hall–Kier alpha value is -3.75. The predicted molar refractivity (Wildman–Crippen MR) is 89.9 cm³/mol. The maximum absolute atomic E-state index is 12.3. The molecule has 2 N–H and O–H groups in total. The summed E-state index contributed by atoms with van der Waals surface area (Å²) in [4.78, 5) is 24.6. The van der Waals surface area contributed by atoms with Crippen LogP contribution in [0.25, 0.3) is 11.5 Å². The number of carbonyl (C=O) groups excluding carboxylic acids is 1. The number of benzene rings is 1. The largest absolute Gasteiger partial charge is 0.316 e. The molecule has 0 aliphatic carbocycles. The van der Waals surface area contributed by atoms with Gasteiger partial charge in [0.05, 0.1) is 5.69 Å². The van der Waals surface area contributed by atoms with Crippen LogP contribution in [0.4, 0.5) is 5.69 Å². The second-order valence-corrected chi connectivity index (χ2v) is 5.38. The van der Waals surface area contributed by atoms with Crippen molar-refractivity contribution in [3.05, 3.63) is 70.4 Å². The molecule has 3 heterocycles. The molecule has 9 heteroatoms. The molecule has 4 aromatic rings. The van der Waals surface area contributed by atoms with E-state index < -0.39 is 5.56 Å². The van der Waals surface area contributed by atoms with Crippen LogP contribution in [0.2, 0.25) is 0 Å². The Bertz CT molecular complexity index is 1120. The van der Waals surface area contributed by atoms with Crippen molar-refractivity contribution in [3.8, 4) is 5.82 Å². The Kier molecular flexibility index (Phi) is 3.38. The van der Waals surface area contributed by atoms with Gasteiger partial charge < -0.3 is 5.32 Å². The summed E-state index contributed by atoms with van der Waals surface area (Å²) in [6.45, 7) is 1.72. The van der Waals surface area contributed by atoms with Crippen molar-refractivity contribution in [2.45, 2.75) is 6.92 Å². The molecule has 0 saturated heterocycles. The van der Waals surface area contributed by atoms with Crippen molar-refractivity contribution < 1.29 is 4.79 Å². The first kappa shape index (κ1) is 14.8. The van der Waals surface area contributed by atoms with Crippen LogP contribution in [-0.4, -0.2) is 35.5 Å². The molecule has 0 aliphatic rings. The van der Waals surface area contributed by atoms with E-state index in [-0.39, 0.29) is 11.6 Å². The van der Waals surface area contributed by atoms with Crippen LogP contribution in [0.3, 0.4) is 0 Å². The van der Waals surface area contributed by atoms with Gasteiger partial charge in [-0.1, -0.05) is 18.2 Å². The number of hydrogen-bond donors (Lipinski definition) is 2.